The molecule has 3 rings (SSSR count). The number of hydrogen-bond acceptors (Lipinski definition) is 3. The third-order valence-electron chi connectivity index (χ3n) is 4.69. The van der Waals surface area contributed by atoms with Gasteiger partial charge in [0.25, 0.3) is 5.56 Å². The molecule has 2 aromatic rings. The van der Waals surface area contributed by atoms with Crippen LogP contribution in [0.2, 0.25) is 0 Å². The third-order valence-corrected chi connectivity index (χ3v) is 4.69. The van der Waals surface area contributed by atoms with E-state index in [1.807, 2.05) is 42.2 Å². The van der Waals surface area contributed by atoms with Gasteiger partial charge in [-0.1, -0.05) is 25.1 Å². The van der Waals surface area contributed by atoms with Crippen LogP contribution in [0.25, 0.3) is 10.8 Å². The lowest BCUT2D eigenvalue weighted by Gasteiger charge is -2.34. The lowest BCUT2D eigenvalue weighted by Crippen LogP contribution is -2.49. The Balaban J connectivity index is 1.81. The average molecular weight is 313 g/mol. The molecule has 1 aliphatic rings. The molecule has 0 saturated carbocycles. The predicted octanol–water partition coefficient (Wildman–Crippen LogP) is 1.47. The molecule has 1 fully saturated rings. The molecular weight excluding hydrogens is 290 g/mol. The van der Waals surface area contributed by atoms with Gasteiger partial charge in [-0.3, -0.25) is 9.59 Å². The normalized spacial score (nSPS) is 16.0. The van der Waals surface area contributed by atoms with Crippen molar-refractivity contribution in [3.8, 4) is 0 Å². The van der Waals surface area contributed by atoms with Crippen molar-refractivity contribution in [1.82, 2.24) is 14.4 Å². The van der Waals surface area contributed by atoms with E-state index in [1.54, 1.807) is 4.57 Å². The van der Waals surface area contributed by atoms with Crippen molar-refractivity contribution in [1.29, 1.82) is 0 Å². The molecular formula is C18H23N3O2. The molecule has 23 heavy (non-hydrogen) atoms. The summed E-state index contributed by atoms with van der Waals surface area (Å²) in [6, 6.07) is 9.50. The van der Waals surface area contributed by atoms with Crippen molar-refractivity contribution in [2.75, 3.05) is 32.7 Å². The van der Waals surface area contributed by atoms with Crippen LogP contribution in [0.4, 0.5) is 0 Å². The summed E-state index contributed by atoms with van der Waals surface area (Å²) in [5.74, 6) is 0.0289. The molecule has 0 spiro atoms. The molecule has 122 valence electrons. The summed E-state index contributed by atoms with van der Waals surface area (Å²) >= 11 is 0. The van der Waals surface area contributed by atoms with Crippen LogP contribution in [0.15, 0.2) is 35.1 Å². The predicted molar refractivity (Wildman–Crippen MR) is 91.6 cm³/mol. The quantitative estimate of drug-likeness (QED) is 0.862. The second-order valence-electron chi connectivity index (χ2n) is 6.08. The lowest BCUT2D eigenvalue weighted by atomic mass is 10.1. The fraction of sp³-hybridized carbons (Fsp3) is 0.444. The maximum absolute atomic E-state index is 12.6. The van der Waals surface area contributed by atoms with E-state index in [0.29, 0.717) is 5.39 Å². The number of aromatic nitrogens is 1. The van der Waals surface area contributed by atoms with E-state index >= 15 is 0 Å². The Hall–Kier alpha value is -2.14. The summed E-state index contributed by atoms with van der Waals surface area (Å²) in [4.78, 5) is 29.4. The van der Waals surface area contributed by atoms with Gasteiger partial charge >= 0.3 is 0 Å². The number of pyridine rings is 1. The van der Waals surface area contributed by atoms with E-state index in [1.165, 1.54) is 0 Å². The summed E-state index contributed by atoms with van der Waals surface area (Å²) in [5, 5.41) is 1.59. The Bertz CT molecular complexity index is 773. The first-order valence-electron chi connectivity index (χ1n) is 8.19. The Morgan fingerprint density at radius 3 is 2.52 bits per heavy atom. The molecule has 1 amide bonds. The number of carbonyl (C=O) groups excluding carboxylic acids is 1. The minimum atomic E-state index is -0.0823. The number of nitrogens with zero attached hydrogens (tertiary/aromatic N) is 3. The largest absolute Gasteiger partial charge is 0.339 e. The van der Waals surface area contributed by atoms with Crippen LogP contribution in [-0.2, 0) is 11.3 Å². The molecule has 0 atom stereocenters. The van der Waals surface area contributed by atoms with Crippen LogP contribution in [0.5, 0.6) is 0 Å². The summed E-state index contributed by atoms with van der Waals surface area (Å²) in [7, 11) is 0. The molecule has 5 nitrogen and oxygen atoms in total. The minimum Gasteiger partial charge on any atom is -0.339 e. The number of aryl methyl sites for hydroxylation is 1. The highest BCUT2D eigenvalue weighted by Crippen LogP contribution is 2.12. The zero-order chi connectivity index (χ0) is 16.4. The number of rotatable bonds is 3. The van der Waals surface area contributed by atoms with Gasteiger partial charge in [0.1, 0.15) is 6.54 Å². The molecule has 0 bridgehead atoms. The zero-order valence-corrected chi connectivity index (χ0v) is 13.8. The summed E-state index contributed by atoms with van der Waals surface area (Å²) in [5.41, 5.74) is 0.746. The van der Waals surface area contributed by atoms with Crippen molar-refractivity contribution < 1.29 is 4.79 Å². The Morgan fingerprint density at radius 2 is 1.83 bits per heavy atom. The van der Waals surface area contributed by atoms with Gasteiger partial charge in [0.15, 0.2) is 0 Å². The van der Waals surface area contributed by atoms with Crippen LogP contribution in [0.3, 0.4) is 0 Å². The molecule has 1 aromatic heterocycles. The minimum absolute atomic E-state index is 0.0289. The highest BCUT2D eigenvalue weighted by Gasteiger charge is 2.21. The first-order valence-corrected chi connectivity index (χ1v) is 8.19. The molecule has 0 unspecified atom stereocenters. The maximum Gasteiger partial charge on any atom is 0.259 e. The molecule has 1 saturated heterocycles. The Morgan fingerprint density at radius 1 is 1.13 bits per heavy atom. The van der Waals surface area contributed by atoms with Crippen molar-refractivity contribution in [2.24, 2.45) is 0 Å². The molecule has 5 heteroatoms. The number of piperazine rings is 1. The fourth-order valence-electron chi connectivity index (χ4n) is 3.17. The Kier molecular flexibility index (Phi) is 4.48. The Labute approximate surface area is 136 Å². The van der Waals surface area contributed by atoms with Crippen LogP contribution in [-0.4, -0.2) is 53.0 Å². The number of benzene rings is 1. The van der Waals surface area contributed by atoms with Gasteiger partial charge in [0, 0.05) is 37.3 Å². The van der Waals surface area contributed by atoms with Crippen LogP contribution >= 0.6 is 0 Å². The molecule has 2 heterocycles. The first kappa shape index (κ1) is 15.7. The number of hydrogen-bond donors (Lipinski definition) is 0. The molecule has 0 aliphatic carbocycles. The van der Waals surface area contributed by atoms with E-state index in [0.717, 1.165) is 43.8 Å². The number of fused-ring (bicyclic) bond motifs is 1. The standard InChI is InChI=1S/C18H23N3O2/c1-3-19-8-10-20(11-9-19)17(22)13-21-14(2)12-15-6-4-5-7-16(15)18(21)23/h4-7,12H,3,8-11,13H2,1-2H3. The van der Waals surface area contributed by atoms with E-state index in [9.17, 15) is 9.59 Å². The molecule has 1 aromatic carbocycles. The van der Waals surface area contributed by atoms with Crippen molar-refractivity contribution >= 4 is 16.7 Å². The van der Waals surface area contributed by atoms with Gasteiger partial charge < -0.3 is 14.4 Å². The van der Waals surface area contributed by atoms with E-state index in [2.05, 4.69) is 11.8 Å². The van der Waals surface area contributed by atoms with Crippen molar-refractivity contribution in [2.45, 2.75) is 20.4 Å². The van der Waals surface area contributed by atoms with Crippen molar-refractivity contribution in [3.05, 3.63) is 46.4 Å². The van der Waals surface area contributed by atoms with Gasteiger partial charge in [-0.2, -0.15) is 0 Å². The van der Waals surface area contributed by atoms with E-state index in [-0.39, 0.29) is 18.0 Å². The van der Waals surface area contributed by atoms with Gasteiger partial charge in [-0.05, 0) is 31.0 Å². The topological polar surface area (TPSA) is 45.5 Å². The second kappa shape index (κ2) is 6.54. The fourth-order valence-corrected chi connectivity index (χ4v) is 3.17. The lowest BCUT2D eigenvalue weighted by molar-refractivity contribution is -0.133. The monoisotopic (exact) mass is 313 g/mol. The first-order chi connectivity index (χ1) is 11.1. The van der Waals surface area contributed by atoms with Gasteiger partial charge in [0.05, 0.1) is 0 Å². The highest BCUT2D eigenvalue weighted by atomic mass is 16.2. The van der Waals surface area contributed by atoms with Crippen LogP contribution in [0, 0.1) is 6.92 Å². The summed E-state index contributed by atoms with van der Waals surface area (Å²) in [6.45, 7) is 8.47. The maximum atomic E-state index is 12.6. The SMILES string of the molecule is CCN1CCN(C(=O)Cn2c(C)cc3ccccc3c2=O)CC1. The van der Waals surface area contributed by atoms with Crippen LogP contribution in [0.1, 0.15) is 12.6 Å². The second-order valence-corrected chi connectivity index (χ2v) is 6.08. The van der Waals surface area contributed by atoms with Crippen molar-refractivity contribution in [3.63, 3.8) is 0 Å². The van der Waals surface area contributed by atoms with Gasteiger partial charge in [-0.15, -0.1) is 0 Å². The number of likely N-dealkylation sites (N-methyl/N-ethyl adjacent to an activating group) is 1. The summed E-state index contributed by atoms with van der Waals surface area (Å²) < 4.78 is 1.59. The molecule has 0 N–H and O–H groups in total. The molecule has 1 aliphatic heterocycles. The number of carbonyl (C=O) groups is 1. The number of amides is 1. The third kappa shape index (κ3) is 3.15. The van der Waals surface area contributed by atoms with E-state index in [4.69, 9.17) is 0 Å². The zero-order valence-electron chi connectivity index (χ0n) is 13.8. The average Bonchev–Trinajstić information content (AvgIpc) is 2.58. The highest BCUT2D eigenvalue weighted by molar-refractivity contribution is 5.82. The summed E-state index contributed by atoms with van der Waals surface area (Å²) in [6.07, 6.45) is 0. The van der Waals surface area contributed by atoms with Gasteiger partial charge in [-0.25, -0.2) is 0 Å². The van der Waals surface area contributed by atoms with E-state index < -0.39 is 0 Å². The molecule has 0 radical (unpaired) electrons. The van der Waals surface area contributed by atoms with Crippen LogP contribution < -0.4 is 5.56 Å². The smallest absolute Gasteiger partial charge is 0.259 e. The van der Waals surface area contributed by atoms with Gasteiger partial charge in [0.2, 0.25) is 5.91 Å².